The second-order valence-corrected chi connectivity index (χ2v) is 2.10. The van der Waals surface area contributed by atoms with E-state index in [-0.39, 0.29) is 0 Å². The molecule has 0 atom stereocenters. The second kappa shape index (κ2) is 1.20. The highest BCUT2D eigenvalue weighted by atomic mass is 16.5. The lowest BCUT2D eigenvalue weighted by Crippen LogP contribution is -2.43. The van der Waals surface area contributed by atoms with Gasteiger partial charge in [0.25, 0.3) is 0 Å². The maximum atomic E-state index is 8.70. The molecule has 1 aliphatic carbocycles. The van der Waals surface area contributed by atoms with Crippen LogP contribution in [-0.2, 0) is 0 Å². The largest absolute Gasteiger partial charge is 0.365 e. The van der Waals surface area contributed by atoms with Crippen LogP contribution in [0.3, 0.4) is 0 Å². The molecular weight excluding hydrogens is 92.1 g/mol. The quantitative estimate of drug-likeness (QED) is 0.423. The molecule has 1 fully saturated rings. The molecule has 0 unspecified atom stereocenters. The van der Waals surface area contributed by atoms with Gasteiger partial charge in [-0.25, -0.2) is 0 Å². The number of aliphatic hydroxyl groups is 2. The molecule has 0 aromatic carbocycles. The van der Waals surface area contributed by atoms with Crippen molar-refractivity contribution >= 4 is 0 Å². The summed E-state index contributed by atoms with van der Waals surface area (Å²) in [4.78, 5) is 0. The maximum absolute atomic E-state index is 8.70. The molecule has 0 aliphatic heterocycles. The summed E-state index contributed by atoms with van der Waals surface area (Å²) in [7, 11) is 0. The standard InChI is InChI=1S/C5H9O2/c1-4-2-3-5(4,6)7/h6-7H,2-3H2,1H3. The SMILES string of the molecule is C[C]1CCC1(O)O. The molecule has 0 heterocycles. The number of rotatable bonds is 0. The molecule has 0 spiro atoms. The fourth-order valence-corrected chi connectivity index (χ4v) is 0.599. The zero-order valence-electron chi connectivity index (χ0n) is 4.31. The summed E-state index contributed by atoms with van der Waals surface area (Å²) in [5, 5.41) is 17.4. The first-order valence-electron chi connectivity index (χ1n) is 2.40. The van der Waals surface area contributed by atoms with Gasteiger partial charge in [0.1, 0.15) is 0 Å². The van der Waals surface area contributed by atoms with E-state index in [1.807, 2.05) is 0 Å². The van der Waals surface area contributed by atoms with Gasteiger partial charge in [0.15, 0.2) is 5.79 Å². The van der Waals surface area contributed by atoms with Crippen LogP contribution in [0.5, 0.6) is 0 Å². The molecule has 1 rings (SSSR count). The van der Waals surface area contributed by atoms with Crippen molar-refractivity contribution < 1.29 is 10.2 Å². The van der Waals surface area contributed by atoms with E-state index in [9.17, 15) is 0 Å². The van der Waals surface area contributed by atoms with Crippen molar-refractivity contribution in [1.29, 1.82) is 0 Å². The van der Waals surface area contributed by atoms with Gasteiger partial charge in [-0.15, -0.1) is 0 Å². The fraction of sp³-hybridized carbons (Fsp3) is 0.800. The molecule has 2 heteroatoms. The highest BCUT2D eigenvalue weighted by molar-refractivity contribution is 5.08. The average molecular weight is 101 g/mol. The summed E-state index contributed by atoms with van der Waals surface area (Å²) < 4.78 is 0. The van der Waals surface area contributed by atoms with Crippen LogP contribution in [0.2, 0.25) is 0 Å². The third-order valence-corrected chi connectivity index (χ3v) is 1.53. The molecule has 0 saturated heterocycles. The normalized spacial score (nSPS) is 29.6. The average Bonchev–Trinajstić information content (AvgIpc) is 1.63. The van der Waals surface area contributed by atoms with Gasteiger partial charge >= 0.3 is 0 Å². The summed E-state index contributed by atoms with van der Waals surface area (Å²) in [5.74, 6) is -0.618. The van der Waals surface area contributed by atoms with Gasteiger partial charge in [-0.3, -0.25) is 0 Å². The molecule has 41 valence electrons. The Morgan fingerprint density at radius 1 is 1.57 bits per heavy atom. The van der Waals surface area contributed by atoms with Crippen molar-refractivity contribution in [3.63, 3.8) is 0 Å². The topological polar surface area (TPSA) is 40.5 Å². The Hall–Kier alpha value is -0.0800. The van der Waals surface area contributed by atoms with E-state index in [2.05, 4.69) is 0 Å². The lowest BCUT2D eigenvalue weighted by molar-refractivity contribution is -0.187. The van der Waals surface area contributed by atoms with Crippen molar-refractivity contribution in [2.45, 2.75) is 25.6 Å². The Morgan fingerprint density at radius 2 is 2.00 bits per heavy atom. The first kappa shape index (κ1) is 5.06. The fourth-order valence-electron chi connectivity index (χ4n) is 0.599. The van der Waals surface area contributed by atoms with Gasteiger partial charge in [0.2, 0.25) is 0 Å². The molecule has 1 saturated carbocycles. The predicted molar refractivity (Wildman–Crippen MR) is 25.3 cm³/mol. The first-order chi connectivity index (χ1) is 3.13. The van der Waals surface area contributed by atoms with Gasteiger partial charge < -0.3 is 10.2 Å². The van der Waals surface area contributed by atoms with E-state index in [0.29, 0.717) is 6.42 Å². The van der Waals surface area contributed by atoms with E-state index in [4.69, 9.17) is 10.2 Å². The van der Waals surface area contributed by atoms with E-state index >= 15 is 0 Å². The van der Waals surface area contributed by atoms with Gasteiger partial charge in [0.05, 0.1) is 0 Å². The third kappa shape index (κ3) is 0.640. The Bertz CT molecular complexity index is 78.1. The minimum Gasteiger partial charge on any atom is -0.365 e. The van der Waals surface area contributed by atoms with Crippen molar-refractivity contribution in [2.24, 2.45) is 0 Å². The smallest absolute Gasteiger partial charge is 0.168 e. The van der Waals surface area contributed by atoms with Crippen LogP contribution in [-0.4, -0.2) is 16.0 Å². The van der Waals surface area contributed by atoms with Gasteiger partial charge in [-0.2, -0.15) is 0 Å². The van der Waals surface area contributed by atoms with Gasteiger partial charge in [0, 0.05) is 12.3 Å². The Kier molecular flexibility index (Phi) is 0.869. The van der Waals surface area contributed by atoms with Gasteiger partial charge in [-0.05, 0) is 6.42 Å². The molecule has 1 aliphatic rings. The Balaban J connectivity index is 2.43. The van der Waals surface area contributed by atoms with Crippen LogP contribution in [0.15, 0.2) is 0 Å². The molecule has 0 bridgehead atoms. The van der Waals surface area contributed by atoms with Crippen molar-refractivity contribution in [3.8, 4) is 0 Å². The van der Waals surface area contributed by atoms with Crippen molar-refractivity contribution in [1.82, 2.24) is 0 Å². The molecule has 0 amide bonds. The monoisotopic (exact) mass is 101 g/mol. The zero-order valence-corrected chi connectivity index (χ0v) is 4.31. The molecule has 2 N–H and O–H groups in total. The predicted octanol–water partition coefficient (Wildman–Crippen LogP) is 0.0555. The van der Waals surface area contributed by atoms with Crippen molar-refractivity contribution in [2.75, 3.05) is 0 Å². The third-order valence-electron chi connectivity index (χ3n) is 1.53. The lowest BCUT2D eigenvalue weighted by atomic mass is 9.80. The van der Waals surface area contributed by atoms with Crippen LogP contribution in [0.4, 0.5) is 0 Å². The van der Waals surface area contributed by atoms with Crippen LogP contribution < -0.4 is 0 Å². The molecule has 0 aromatic heterocycles. The lowest BCUT2D eigenvalue weighted by Gasteiger charge is -2.37. The minimum atomic E-state index is -1.40. The summed E-state index contributed by atoms with van der Waals surface area (Å²) >= 11 is 0. The summed E-state index contributed by atoms with van der Waals surface area (Å²) in [6.07, 6.45) is 1.38. The van der Waals surface area contributed by atoms with E-state index in [1.165, 1.54) is 0 Å². The minimum absolute atomic E-state index is 0.513. The van der Waals surface area contributed by atoms with E-state index in [0.717, 1.165) is 12.3 Å². The Morgan fingerprint density at radius 3 is 2.00 bits per heavy atom. The second-order valence-electron chi connectivity index (χ2n) is 2.10. The summed E-state index contributed by atoms with van der Waals surface area (Å²) in [6, 6.07) is 0. The molecule has 0 aromatic rings. The molecule has 2 nitrogen and oxygen atoms in total. The van der Waals surface area contributed by atoms with Crippen LogP contribution in [0, 0.1) is 5.92 Å². The highest BCUT2D eigenvalue weighted by Crippen LogP contribution is 2.36. The summed E-state index contributed by atoms with van der Waals surface area (Å²) in [6.45, 7) is 1.75. The summed E-state index contributed by atoms with van der Waals surface area (Å²) in [5.41, 5.74) is 0. The number of hydrogen-bond donors (Lipinski definition) is 2. The number of hydrogen-bond acceptors (Lipinski definition) is 2. The molecule has 7 heavy (non-hydrogen) atoms. The maximum Gasteiger partial charge on any atom is 0.168 e. The van der Waals surface area contributed by atoms with Crippen LogP contribution in [0.25, 0.3) is 0 Å². The Labute approximate surface area is 42.8 Å². The van der Waals surface area contributed by atoms with Crippen molar-refractivity contribution in [3.05, 3.63) is 5.92 Å². The highest BCUT2D eigenvalue weighted by Gasteiger charge is 2.40. The van der Waals surface area contributed by atoms with E-state index in [1.54, 1.807) is 6.92 Å². The van der Waals surface area contributed by atoms with Gasteiger partial charge in [-0.1, -0.05) is 6.92 Å². The molecule has 1 radical (unpaired) electrons. The zero-order chi connectivity index (χ0) is 5.49. The van der Waals surface area contributed by atoms with E-state index < -0.39 is 5.79 Å². The van der Waals surface area contributed by atoms with Crippen LogP contribution >= 0.6 is 0 Å². The van der Waals surface area contributed by atoms with Crippen LogP contribution in [0.1, 0.15) is 19.8 Å². The first-order valence-corrected chi connectivity index (χ1v) is 2.40. The molecular formula is C5H9O2.